The topological polar surface area (TPSA) is 35.2 Å². The minimum absolute atomic E-state index is 0.292. The van der Waals surface area contributed by atoms with E-state index in [2.05, 4.69) is 12.1 Å². The van der Waals surface area contributed by atoms with Crippen molar-refractivity contribution in [1.82, 2.24) is 0 Å². The van der Waals surface area contributed by atoms with Gasteiger partial charge in [-0.25, -0.2) is 0 Å². The lowest BCUT2D eigenvalue weighted by Crippen LogP contribution is -2.15. The number of nitrogens with two attached hydrogens (primary N) is 1. The van der Waals surface area contributed by atoms with Crippen LogP contribution in [0.1, 0.15) is 20.3 Å². The second kappa shape index (κ2) is 6.75. The quantitative estimate of drug-likeness (QED) is 0.756. The van der Waals surface area contributed by atoms with Crippen molar-refractivity contribution in [2.24, 2.45) is 5.73 Å². The summed E-state index contributed by atoms with van der Waals surface area (Å²) in [5.41, 5.74) is 5.69. The Morgan fingerprint density at radius 2 is 2.00 bits per heavy atom. The van der Waals surface area contributed by atoms with Gasteiger partial charge in [0, 0.05) is 10.9 Å². The lowest BCUT2D eigenvalue weighted by Gasteiger charge is -2.06. The molecule has 0 bridgehead atoms. The maximum absolute atomic E-state index is 5.69. The first kappa shape index (κ1) is 12.4. The van der Waals surface area contributed by atoms with Crippen molar-refractivity contribution in [2.75, 3.05) is 12.4 Å². The molecule has 3 heteroatoms. The van der Waals surface area contributed by atoms with Crippen LogP contribution in [0.3, 0.4) is 0 Å². The predicted octanol–water partition coefficient (Wildman–Crippen LogP) is 2.91. The van der Waals surface area contributed by atoms with Crippen LogP contribution in [0, 0.1) is 0 Å². The summed E-state index contributed by atoms with van der Waals surface area (Å²) >= 11 is 1.84. The zero-order valence-electron chi connectivity index (χ0n) is 9.40. The van der Waals surface area contributed by atoms with Crippen molar-refractivity contribution in [2.45, 2.75) is 31.2 Å². The molecule has 0 aliphatic heterocycles. The van der Waals surface area contributed by atoms with Crippen LogP contribution in [-0.4, -0.2) is 18.4 Å². The van der Waals surface area contributed by atoms with Gasteiger partial charge in [0.05, 0.1) is 6.61 Å². The lowest BCUT2D eigenvalue weighted by molar-refractivity contribution is 0.340. The van der Waals surface area contributed by atoms with Crippen molar-refractivity contribution in [3.63, 3.8) is 0 Å². The normalized spacial score (nSPS) is 12.5. The molecule has 1 unspecified atom stereocenters. The third-order valence-corrected chi connectivity index (χ3v) is 3.02. The molecule has 0 fully saturated rings. The Kier molecular flexibility index (Phi) is 5.58. The zero-order valence-corrected chi connectivity index (χ0v) is 10.2. The highest BCUT2D eigenvalue weighted by Crippen LogP contribution is 2.22. The van der Waals surface area contributed by atoms with Crippen molar-refractivity contribution < 1.29 is 4.74 Å². The smallest absolute Gasteiger partial charge is 0.119 e. The van der Waals surface area contributed by atoms with E-state index in [-0.39, 0.29) is 0 Å². The van der Waals surface area contributed by atoms with Gasteiger partial charge in [0.25, 0.3) is 0 Å². The molecule has 0 amide bonds. The Labute approximate surface area is 96.2 Å². The van der Waals surface area contributed by atoms with Crippen molar-refractivity contribution >= 4 is 11.8 Å². The van der Waals surface area contributed by atoms with E-state index in [1.165, 1.54) is 4.90 Å². The summed E-state index contributed by atoms with van der Waals surface area (Å²) < 4.78 is 5.37. The van der Waals surface area contributed by atoms with E-state index < -0.39 is 0 Å². The SMILES string of the molecule is CCOc1ccc(SCCC(C)N)cc1. The zero-order chi connectivity index (χ0) is 11.1. The highest BCUT2D eigenvalue weighted by molar-refractivity contribution is 7.99. The first-order chi connectivity index (χ1) is 7.22. The number of benzene rings is 1. The van der Waals surface area contributed by atoms with E-state index >= 15 is 0 Å². The Morgan fingerprint density at radius 1 is 1.33 bits per heavy atom. The Balaban J connectivity index is 2.36. The van der Waals surface area contributed by atoms with Gasteiger partial charge in [0.2, 0.25) is 0 Å². The average molecular weight is 225 g/mol. The summed E-state index contributed by atoms with van der Waals surface area (Å²) in [7, 11) is 0. The second-order valence-corrected chi connectivity index (χ2v) is 4.69. The van der Waals surface area contributed by atoms with Crippen LogP contribution in [0.4, 0.5) is 0 Å². The van der Waals surface area contributed by atoms with Gasteiger partial charge >= 0.3 is 0 Å². The second-order valence-electron chi connectivity index (χ2n) is 3.52. The molecule has 84 valence electrons. The molecular formula is C12H19NOS. The average Bonchev–Trinajstić information content (AvgIpc) is 2.20. The van der Waals surface area contributed by atoms with Gasteiger partial charge in [-0.15, -0.1) is 11.8 Å². The highest BCUT2D eigenvalue weighted by Gasteiger charge is 1.97. The Hall–Kier alpha value is -0.670. The van der Waals surface area contributed by atoms with Gasteiger partial charge in [0.15, 0.2) is 0 Å². The van der Waals surface area contributed by atoms with Crippen LogP contribution in [0.15, 0.2) is 29.2 Å². The van der Waals surface area contributed by atoms with Gasteiger partial charge in [-0.3, -0.25) is 0 Å². The minimum Gasteiger partial charge on any atom is -0.494 e. The van der Waals surface area contributed by atoms with E-state index in [4.69, 9.17) is 10.5 Å². The molecule has 0 radical (unpaired) electrons. The van der Waals surface area contributed by atoms with Crippen LogP contribution in [0.25, 0.3) is 0 Å². The summed E-state index contributed by atoms with van der Waals surface area (Å²) in [4.78, 5) is 1.28. The molecule has 0 saturated heterocycles. The molecule has 2 N–H and O–H groups in total. The summed E-state index contributed by atoms with van der Waals surface area (Å²) in [6.45, 7) is 4.75. The van der Waals surface area contributed by atoms with Crippen LogP contribution in [0.5, 0.6) is 5.75 Å². The van der Waals surface area contributed by atoms with Gasteiger partial charge < -0.3 is 10.5 Å². The Bertz CT molecular complexity index is 271. The number of rotatable bonds is 6. The van der Waals surface area contributed by atoms with Crippen molar-refractivity contribution in [3.8, 4) is 5.75 Å². The van der Waals surface area contributed by atoms with E-state index in [1.807, 2.05) is 37.7 Å². The highest BCUT2D eigenvalue weighted by atomic mass is 32.2. The maximum atomic E-state index is 5.69. The van der Waals surface area contributed by atoms with Gasteiger partial charge in [0.1, 0.15) is 5.75 Å². The van der Waals surface area contributed by atoms with Crippen molar-refractivity contribution in [1.29, 1.82) is 0 Å². The number of ether oxygens (including phenoxy) is 1. The van der Waals surface area contributed by atoms with Crippen LogP contribution >= 0.6 is 11.8 Å². The fourth-order valence-corrected chi connectivity index (χ4v) is 2.22. The first-order valence-corrected chi connectivity index (χ1v) is 6.32. The lowest BCUT2D eigenvalue weighted by atomic mass is 10.3. The number of hydrogen-bond donors (Lipinski definition) is 1. The van der Waals surface area contributed by atoms with E-state index in [9.17, 15) is 0 Å². The third-order valence-electron chi connectivity index (χ3n) is 1.98. The molecule has 0 spiro atoms. The molecule has 0 aliphatic carbocycles. The first-order valence-electron chi connectivity index (χ1n) is 5.33. The van der Waals surface area contributed by atoms with Crippen LogP contribution < -0.4 is 10.5 Å². The van der Waals surface area contributed by atoms with Crippen LogP contribution in [-0.2, 0) is 0 Å². The van der Waals surface area contributed by atoms with E-state index in [1.54, 1.807) is 0 Å². The summed E-state index contributed by atoms with van der Waals surface area (Å²) in [6, 6.07) is 8.50. The van der Waals surface area contributed by atoms with Crippen molar-refractivity contribution in [3.05, 3.63) is 24.3 Å². The number of hydrogen-bond acceptors (Lipinski definition) is 3. The molecule has 15 heavy (non-hydrogen) atoms. The molecule has 0 heterocycles. The third kappa shape index (κ3) is 5.09. The molecule has 1 rings (SSSR count). The van der Waals surface area contributed by atoms with E-state index in [0.717, 1.165) is 24.5 Å². The molecule has 2 nitrogen and oxygen atoms in total. The molecule has 0 aromatic heterocycles. The molecule has 1 aromatic carbocycles. The maximum Gasteiger partial charge on any atom is 0.119 e. The molecule has 1 atom stereocenters. The summed E-state index contributed by atoms with van der Waals surface area (Å²) in [5.74, 6) is 2.01. The van der Waals surface area contributed by atoms with Gasteiger partial charge in [-0.05, 0) is 50.3 Å². The predicted molar refractivity (Wildman–Crippen MR) is 66.6 cm³/mol. The van der Waals surface area contributed by atoms with E-state index in [0.29, 0.717) is 6.04 Å². The standard InChI is InChI=1S/C12H19NOS/c1-3-14-11-4-6-12(7-5-11)15-9-8-10(2)13/h4-7,10H,3,8-9,13H2,1-2H3. The molecular weight excluding hydrogens is 206 g/mol. The van der Waals surface area contributed by atoms with Gasteiger partial charge in [-0.2, -0.15) is 0 Å². The molecule has 0 saturated carbocycles. The van der Waals surface area contributed by atoms with Crippen LogP contribution in [0.2, 0.25) is 0 Å². The fourth-order valence-electron chi connectivity index (χ4n) is 1.16. The summed E-state index contributed by atoms with van der Waals surface area (Å²) in [5, 5.41) is 0. The molecule has 1 aromatic rings. The minimum atomic E-state index is 0.292. The fraction of sp³-hybridized carbons (Fsp3) is 0.500. The number of thioether (sulfide) groups is 1. The monoisotopic (exact) mass is 225 g/mol. The molecule has 0 aliphatic rings. The largest absolute Gasteiger partial charge is 0.494 e. The van der Waals surface area contributed by atoms with Gasteiger partial charge in [-0.1, -0.05) is 0 Å². The summed E-state index contributed by atoms with van der Waals surface area (Å²) in [6.07, 6.45) is 1.05. The Morgan fingerprint density at radius 3 is 2.53 bits per heavy atom.